The average molecular weight is 349 g/mol. The number of hydrogen-bond donors (Lipinski definition) is 0. The van der Waals surface area contributed by atoms with Crippen LogP contribution in [0.5, 0.6) is 5.75 Å². The number of rotatable bonds is 2. The molecule has 0 N–H and O–H groups in total. The van der Waals surface area contributed by atoms with Crippen molar-refractivity contribution in [1.29, 1.82) is 0 Å². The zero-order valence-corrected chi connectivity index (χ0v) is 14.0. The van der Waals surface area contributed by atoms with Crippen molar-refractivity contribution in [2.24, 2.45) is 0 Å². The van der Waals surface area contributed by atoms with Crippen molar-refractivity contribution < 1.29 is 9.13 Å². The van der Waals surface area contributed by atoms with Gasteiger partial charge in [0.25, 0.3) is 0 Å². The lowest BCUT2D eigenvalue weighted by molar-refractivity contribution is 0.291. The van der Waals surface area contributed by atoms with E-state index in [0.29, 0.717) is 6.61 Å². The summed E-state index contributed by atoms with van der Waals surface area (Å²) in [7, 11) is 0. The lowest BCUT2D eigenvalue weighted by atomic mass is 9.85. The van der Waals surface area contributed by atoms with Crippen LogP contribution in [0.1, 0.15) is 40.9 Å². The minimum Gasteiger partial charge on any atom is -0.492 e. The van der Waals surface area contributed by atoms with E-state index in [1.165, 1.54) is 5.56 Å². The Bertz CT molecular complexity index is 673. The van der Waals surface area contributed by atoms with Crippen molar-refractivity contribution in [1.82, 2.24) is 0 Å². The van der Waals surface area contributed by atoms with E-state index in [1.54, 1.807) is 12.1 Å². The van der Waals surface area contributed by atoms with Crippen molar-refractivity contribution in [3.8, 4) is 5.75 Å². The summed E-state index contributed by atoms with van der Waals surface area (Å²) in [6, 6.07) is 11.4. The van der Waals surface area contributed by atoms with E-state index in [4.69, 9.17) is 4.74 Å². The predicted molar refractivity (Wildman–Crippen MR) is 86.9 cm³/mol. The van der Waals surface area contributed by atoms with E-state index in [2.05, 4.69) is 35.8 Å². The molecule has 0 saturated heterocycles. The van der Waals surface area contributed by atoms with Crippen LogP contribution in [0.2, 0.25) is 0 Å². The molecule has 1 heterocycles. The third-order valence-corrected chi connectivity index (χ3v) is 5.03. The minimum atomic E-state index is -0.195. The summed E-state index contributed by atoms with van der Waals surface area (Å²) >= 11 is 3.70. The van der Waals surface area contributed by atoms with E-state index in [9.17, 15) is 4.39 Å². The number of hydrogen-bond acceptors (Lipinski definition) is 1. The molecule has 1 atom stereocenters. The summed E-state index contributed by atoms with van der Waals surface area (Å²) < 4.78 is 19.3. The number of alkyl halides is 1. The smallest absolute Gasteiger partial charge is 0.123 e. The number of benzene rings is 2. The van der Waals surface area contributed by atoms with Crippen molar-refractivity contribution >= 4 is 15.9 Å². The Kier molecular flexibility index (Phi) is 3.56. The third kappa shape index (κ3) is 2.71. The van der Waals surface area contributed by atoms with Gasteiger partial charge in [0.2, 0.25) is 0 Å². The largest absolute Gasteiger partial charge is 0.492 e. The van der Waals surface area contributed by atoms with Gasteiger partial charge in [-0.05, 0) is 47.9 Å². The molecule has 0 spiro atoms. The highest BCUT2D eigenvalue weighted by molar-refractivity contribution is 9.09. The number of fused-ring (bicyclic) bond motifs is 1. The molecule has 1 nitrogen and oxygen atoms in total. The normalized spacial score (nSPS) is 17.2. The molecule has 1 aliphatic rings. The van der Waals surface area contributed by atoms with Crippen LogP contribution in [0.4, 0.5) is 4.39 Å². The zero-order chi connectivity index (χ0) is 15.2. The summed E-state index contributed by atoms with van der Waals surface area (Å²) in [5.74, 6) is 0.762. The van der Waals surface area contributed by atoms with Gasteiger partial charge in [0.1, 0.15) is 11.6 Å². The van der Waals surface area contributed by atoms with Crippen molar-refractivity contribution in [3.05, 3.63) is 64.5 Å². The zero-order valence-electron chi connectivity index (χ0n) is 12.4. The van der Waals surface area contributed by atoms with Crippen LogP contribution in [0.3, 0.4) is 0 Å². The highest BCUT2D eigenvalue weighted by Gasteiger charge is 2.32. The maximum absolute atomic E-state index is 13.6. The summed E-state index contributed by atoms with van der Waals surface area (Å²) in [4.78, 5) is -0.0198. The molecule has 0 radical (unpaired) electrons. The molecule has 3 heteroatoms. The first-order chi connectivity index (χ1) is 9.87. The first-order valence-electron chi connectivity index (χ1n) is 7.05. The standard InChI is InChI=1S/C18H18BrFO/c1-11-6-13(8-14(20)7-11)17(19)12-4-5-16-15(9-12)18(2,3)10-21-16/h4-9,17H,10H2,1-3H3. The van der Waals surface area contributed by atoms with Crippen LogP contribution < -0.4 is 4.74 Å². The number of halogens is 2. The molecule has 0 amide bonds. The molecule has 2 aromatic carbocycles. The summed E-state index contributed by atoms with van der Waals surface area (Å²) in [6.45, 7) is 6.97. The Morgan fingerprint density at radius 3 is 2.62 bits per heavy atom. The quantitative estimate of drug-likeness (QED) is 0.670. The molecular weight excluding hydrogens is 331 g/mol. The van der Waals surface area contributed by atoms with E-state index in [-0.39, 0.29) is 16.1 Å². The van der Waals surface area contributed by atoms with Crippen LogP contribution >= 0.6 is 15.9 Å². The molecule has 1 aliphatic heterocycles. The number of ether oxygens (including phenoxy) is 1. The Hall–Kier alpha value is -1.35. The van der Waals surface area contributed by atoms with Crippen molar-refractivity contribution in [3.63, 3.8) is 0 Å². The fraction of sp³-hybridized carbons (Fsp3) is 0.333. The van der Waals surface area contributed by atoms with Crippen LogP contribution in [0.25, 0.3) is 0 Å². The summed E-state index contributed by atoms with van der Waals surface area (Å²) in [6.07, 6.45) is 0. The third-order valence-electron chi connectivity index (χ3n) is 3.97. The maximum Gasteiger partial charge on any atom is 0.123 e. The van der Waals surface area contributed by atoms with Crippen LogP contribution in [0, 0.1) is 12.7 Å². The fourth-order valence-electron chi connectivity index (χ4n) is 2.80. The Morgan fingerprint density at radius 1 is 1.14 bits per heavy atom. The first-order valence-corrected chi connectivity index (χ1v) is 7.97. The lowest BCUT2D eigenvalue weighted by Crippen LogP contribution is -2.18. The van der Waals surface area contributed by atoms with Crippen LogP contribution in [0.15, 0.2) is 36.4 Å². The van der Waals surface area contributed by atoms with Crippen LogP contribution in [-0.2, 0) is 5.41 Å². The highest BCUT2D eigenvalue weighted by atomic mass is 79.9. The Morgan fingerprint density at radius 2 is 1.90 bits per heavy atom. The van der Waals surface area contributed by atoms with Crippen molar-refractivity contribution in [2.75, 3.05) is 6.61 Å². The van der Waals surface area contributed by atoms with Gasteiger partial charge < -0.3 is 4.74 Å². The molecule has 0 bridgehead atoms. The van der Waals surface area contributed by atoms with Crippen molar-refractivity contribution in [2.45, 2.75) is 31.0 Å². The van der Waals surface area contributed by atoms with Gasteiger partial charge in [-0.15, -0.1) is 0 Å². The second-order valence-corrected chi connectivity index (χ2v) is 7.27. The fourth-order valence-corrected chi connectivity index (χ4v) is 3.35. The van der Waals surface area contributed by atoms with Crippen LogP contribution in [-0.4, -0.2) is 6.61 Å². The molecule has 3 rings (SSSR count). The van der Waals surface area contributed by atoms with Gasteiger partial charge in [-0.25, -0.2) is 4.39 Å². The highest BCUT2D eigenvalue weighted by Crippen LogP contribution is 2.41. The Balaban J connectivity index is 2.01. The monoisotopic (exact) mass is 348 g/mol. The van der Waals surface area contributed by atoms with Gasteiger partial charge in [-0.3, -0.25) is 0 Å². The summed E-state index contributed by atoms with van der Waals surface area (Å²) in [5, 5.41) is 0. The molecule has 0 aliphatic carbocycles. The maximum atomic E-state index is 13.6. The second-order valence-electron chi connectivity index (χ2n) is 6.35. The molecule has 0 fully saturated rings. The second kappa shape index (κ2) is 5.13. The minimum absolute atomic E-state index is 0.0198. The van der Waals surface area contributed by atoms with E-state index in [0.717, 1.165) is 22.4 Å². The van der Waals surface area contributed by atoms with E-state index >= 15 is 0 Å². The van der Waals surface area contributed by atoms with Gasteiger partial charge in [-0.1, -0.05) is 41.9 Å². The topological polar surface area (TPSA) is 9.23 Å². The predicted octanol–water partition coefficient (Wildman–Crippen LogP) is 5.29. The van der Waals surface area contributed by atoms with Gasteiger partial charge in [0.15, 0.2) is 0 Å². The molecule has 110 valence electrons. The SMILES string of the molecule is Cc1cc(F)cc(C(Br)c2ccc3c(c2)C(C)(C)CO3)c1. The van der Waals surface area contributed by atoms with E-state index in [1.807, 2.05) is 25.1 Å². The first kappa shape index (κ1) is 14.6. The molecule has 1 unspecified atom stereocenters. The van der Waals surface area contributed by atoms with Gasteiger partial charge in [0, 0.05) is 11.0 Å². The molecule has 0 saturated carbocycles. The lowest BCUT2D eigenvalue weighted by Gasteiger charge is -2.18. The summed E-state index contributed by atoms with van der Waals surface area (Å²) in [5.41, 5.74) is 4.23. The average Bonchev–Trinajstić information content (AvgIpc) is 2.72. The molecular formula is C18H18BrFO. The van der Waals surface area contributed by atoms with Gasteiger partial charge >= 0.3 is 0 Å². The molecule has 21 heavy (non-hydrogen) atoms. The van der Waals surface area contributed by atoms with E-state index < -0.39 is 0 Å². The van der Waals surface area contributed by atoms with Gasteiger partial charge in [0.05, 0.1) is 11.4 Å². The number of aryl methyl sites for hydroxylation is 1. The van der Waals surface area contributed by atoms with Gasteiger partial charge in [-0.2, -0.15) is 0 Å². The molecule has 0 aromatic heterocycles. The molecule has 2 aromatic rings. The Labute approximate surface area is 133 Å².